The van der Waals surface area contributed by atoms with E-state index in [1.54, 1.807) is 12.1 Å². The maximum atomic E-state index is 10.6. The van der Waals surface area contributed by atoms with Gasteiger partial charge in [0.2, 0.25) is 0 Å². The van der Waals surface area contributed by atoms with Crippen LogP contribution in [0.5, 0.6) is 11.5 Å². The van der Waals surface area contributed by atoms with Crippen molar-refractivity contribution < 1.29 is 10.2 Å². The summed E-state index contributed by atoms with van der Waals surface area (Å²) >= 11 is 0. The zero-order valence-corrected chi connectivity index (χ0v) is 14.5. The van der Waals surface area contributed by atoms with Crippen LogP contribution in [0.1, 0.15) is 22.3 Å². The van der Waals surface area contributed by atoms with Crippen LogP contribution < -0.4 is 0 Å². The predicted octanol–water partition coefficient (Wildman–Crippen LogP) is 5.67. The lowest BCUT2D eigenvalue weighted by molar-refractivity contribution is 0.463. The number of aryl methyl sites for hydroxylation is 4. The van der Waals surface area contributed by atoms with E-state index in [0.717, 1.165) is 22.3 Å². The molecule has 0 unspecified atom stereocenters. The summed E-state index contributed by atoms with van der Waals surface area (Å²) in [6, 6.07) is 15.3. The van der Waals surface area contributed by atoms with Gasteiger partial charge in [0.05, 0.1) is 0 Å². The highest BCUT2D eigenvalue weighted by Crippen LogP contribution is 2.46. The van der Waals surface area contributed by atoms with Crippen LogP contribution in [0.4, 0.5) is 0 Å². The van der Waals surface area contributed by atoms with E-state index in [2.05, 4.69) is 12.1 Å². The number of phenolic OH excluding ortho intramolecular Hbond substituents is 2. The van der Waals surface area contributed by atoms with Crippen LogP contribution in [0, 0.1) is 27.7 Å². The fourth-order valence-corrected chi connectivity index (χ4v) is 3.31. The van der Waals surface area contributed by atoms with Gasteiger partial charge in [-0.25, -0.2) is 0 Å². The lowest BCUT2D eigenvalue weighted by Crippen LogP contribution is -1.93. The molecule has 0 saturated heterocycles. The number of hydrogen-bond donors (Lipinski definition) is 2. The fraction of sp³-hybridized carbons (Fsp3) is 0.182. The third kappa shape index (κ3) is 2.76. The van der Waals surface area contributed by atoms with Crippen LogP contribution in [0.3, 0.4) is 0 Å². The van der Waals surface area contributed by atoms with Crippen molar-refractivity contribution in [3.63, 3.8) is 0 Å². The molecule has 3 aromatic rings. The SMILES string of the molecule is Cc1ccc(-c2c(O)ccc(O)c2-c2ccc(C)cc2C)c(C)c1. The average Bonchev–Trinajstić information content (AvgIpc) is 2.51. The van der Waals surface area contributed by atoms with Gasteiger partial charge in [0.1, 0.15) is 11.5 Å². The first kappa shape index (κ1) is 16.1. The Morgan fingerprint density at radius 1 is 0.542 bits per heavy atom. The van der Waals surface area contributed by atoms with Crippen LogP contribution >= 0.6 is 0 Å². The maximum Gasteiger partial charge on any atom is 0.124 e. The Bertz CT molecular complexity index is 847. The van der Waals surface area contributed by atoms with E-state index in [0.29, 0.717) is 11.1 Å². The summed E-state index contributed by atoms with van der Waals surface area (Å²) in [7, 11) is 0. The molecule has 0 aliphatic rings. The van der Waals surface area contributed by atoms with Gasteiger partial charge >= 0.3 is 0 Å². The molecule has 0 aliphatic heterocycles. The number of benzene rings is 3. The monoisotopic (exact) mass is 318 g/mol. The molecule has 0 atom stereocenters. The minimum absolute atomic E-state index is 0.176. The second kappa shape index (κ2) is 6.04. The zero-order chi connectivity index (χ0) is 17.4. The largest absolute Gasteiger partial charge is 0.507 e. The third-order valence-corrected chi connectivity index (χ3v) is 4.46. The summed E-state index contributed by atoms with van der Waals surface area (Å²) in [5.41, 5.74) is 7.71. The molecule has 0 fully saturated rings. The van der Waals surface area contributed by atoms with Gasteiger partial charge < -0.3 is 10.2 Å². The molecule has 0 aliphatic carbocycles. The number of aromatic hydroxyl groups is 2. The normalized spacial score (nSPS) is 10.8. The van der Waals surface area contributed by atoms with E-state index < -0.39 is 0 Å². The number of phenols is 2. The molecule has 2 N–H and O–H groups in total. The Morgan fingerprint density at radius 3 is 1.25 bits per heavy atom. The molecule has 0 amide bonds. The molecule has 0 heterocycles. The van der Waals surface area contributed by atoms with Gasteiger partial charge in [-0.15, -0.1) is 0 Å². The van der Waals surface area contributed by atoms with Crippen molar-refractivity contribution >= 4 is 0 Å². The molecule has 2 heteroatoms. The number of rotatable bonds is 2. The van der Waals surface area contributed by atoms with Crippen LogP contribution in [0.2, 0.25) is 0 Å². The molecule has 2 nitrogen and oxygen atoms in total. The highest BCUT2D eigenvalue weighted by molar-refractivity contribution is 5.93. The van der Waals surface area contributed by atoms with Gasteiger partial charge in [0.15, 0.2) is 0 Å². The van der Waals surface area contributed by atoms with Crippen LogP contribution in [-0.4, -0.2) is 10.2 Å². The first-order valence-electron chi connectivity index (χ1n) is 8.08. The minimum Gasteiger partial charge on any atom is -0.507 e. The average molecular weight is 318 g/mol. The van der Waals surface area contributed by atoms with Crippen LogP contribution in [-0.2, 0) is 0 Å². The molecular weight excluding hydrogens is 296 g/mol. The Balaban J connectivity index is 2.36. The first-order valence-corrected chi connectivity index (χ1v) is 8.08. The molecule has 122 valence electrons. The van der Waals surface area contributed by atoms with E-state index in [-0.39, 0.29) is 11.5 Å². The molecule has 0 spiro atoms. The zero-order valence-electron chi connectivity index (χ0n) is 14.5. The lowest BCUT2D eigenvalue weighted by atomic mass is 9.88. The Kier molecular flexibility index (Phi) is 4.06. The van der Waals surface area contributed by atoms with Gasteiger partial charge in [-0.1, -0.05) is 47.5 Å². The first-order chi connectivity index (χ1) is 11.4. The van der Waals surface area contributed by atoms with Crippen molar-refractivity contribution in [1.82, 2.24) is 0 Å². The van der Waals surface area contributed by atoms with E-state index in [4.69, 9.17) is 0 Å². The molecular formula is C22H22O2. The predicted molar refractivity (Wildman–Crippen MR) is 99.6 cm³/mol. The molecule has 0 radical (unpaired) electrons. The smallest absolute Gasteiger partial charge is 0.124 e. The summed E-state index contributed by atoms with van der Waals surface area (Å²) < 4.78 is 0. The Morgan fingerprint density at radius 2 is 0.917 bits per heavy atom. The van der Waals surface area contributed by atoms with Crippen molar-refractivity contribution in [2.24, 2.45) is 0 Å². The topological polar surface area (TPSA) is 40.5 Å². The Hall–Kier alpha value is -2.74. The van der Waals surface area contributed by atoms with Gasteiger partial charge in [0, 0.05) is 11.1 Å². The summed E-state index contributed by atoms with van der Waals surface area (Å²) in [5.74, 6) is 0.351. The second-order valence-electron chi connectivity index (χ2n) is 6.49. The number of hydrogen-bond acceptors (Lipinski definition) is 2. The minimum atomic E-state index is 0.176. The van der Waals surface area contributed by atoms with E-state index in [1.807, 2.05) is 52.0 Å². The van der Waals surface area contributed by atoms with E-state index in [1.165, 1.54) is 11.1 Å². The molecule has 0 bridgehead atoms. The van der Waals surface area contributed by atoms with Crippen LogP contribution in [0.15, 0.2) is 48.5 Å². The van der Waals surface area contributed by atoms with Gasteiger partial charge in [-0.3, -0.25) is 0 Å². The molecule has 0 saturated carbocycles. The standard InChI is InChI=1S/C22H22O2/c1-13-5-7-17(15(3)11-13)21-19(23)9-10-20(24)22(21)18-8-6-14(2)12-16(18)4/h5-12,23-24H,1-4H3. The van der Waals surface area contributed by atoms with Crippen molar-refractivity contribution in [2.75, 3.05) is 0 Å². The van der Waals surface area contributed by atoms with Crippen molar-refractivity contribution in [1.29, 1.82) is 0 Å². The fourth-order valence-electron chi connectivity index (χ4n) is 3.31. The highest BCUT2D eigenvalue weighted by Gasteiger charge is 2.19. The van der Waals surface area contributed by atoms with Crippen molar-refractivity contribution in [3.8, 4) is 33.8 Å². The second-order valence-corrected chi connectivity index (χ2v) is 6.49. The summed E-state index contributed by atoms with van der Waals surface area (Å²) in [6.45, 7) is 8.14. The summed E-state index contributed by atoms with van der Waals surface area (Å²) in [4.78, 5) is 0. The molecule has 3 rings (SSSR count). The summed E-state index contributed by atoms with van der Waals surface area (Å²) in [6.07, 6.45) is 0. The van der Waals surface area contributed by atoms with E-state index >= 15 is 0 Å². The Labute approximate surface area is 143 Å². The lowest BCUT2D eigenvalue weighted by Gasteiger charge is -2.18. The van der Waals surface area contributed by atoms with Gasteiger partial charge in [-0.05, 0) is 62.1 Å². The van der Waals surface area contributed by atoms with Gasteiger partial charge in [0.25, 0.3) is 0 Å². The molecule has 0 aromatic heterocycles. The van der Waals surface area contributed by atoms with Gasteiger partial charge in [-0.2, -0.15) is 0 Å². The quantitative estimate of drug-likeness (QED) is 0.598. The highest BCUT2D eigenvalue weighted by atomic mass is 16.3. The third-order valence-electron chi connectivity index (χ3n) is 4.46. The molecule has 3 aromatic carbocycles. The maximum absolute atomic E-state index is 10.6. The van der Waals surface area contributed by atoms with Crippen molar-refractivity contribution in [3.05, 3.63) is 70.8 Å². The summed E-state index contributed by atoms with van der Waals surface area (Å²) in [5, 5.41) is 21.1. The van der Waals surface area contributed by atoms with E-state index in [9.17, 15) is 10.2 Å². The van der Waals surface area contributed by atoms with Crippen molar-refractivity contribution in [2.45, 2.75) is 27.7 Å². The van der Waals surface area contributed by atoms with Crippen LogP contribution in [0.25, 0.3) is 22.3 Å². The molecule has 24 heavy (non-hydrogen) atoms.